The minimum absolute atomic E-state index is 0.0694. The van der Waals surface area contributed by atoms with E-state index >= 15 is 0 Å². The molecule has 3 nitrogen and oxygen atoms in total. The Morgan fingerprint density at radius 1 is 1.09 bits per heavy atom. The highest BCUT2D eigenvalue weighted by Gasteiger charge is 2.09. The molecule has 0 saturated carbocycles. The van der Waals surface area contributed by atoms with Crippen LogP contribution in [-0.2, 0) is 0 Å². The van der Waals surface area contributed by atoms with Crippen molar-refractivity contribution in [2.75, 3.05) is 13.2 Å². The van der Waals surface area contributed by atoms with Crippen molar-refractivity contribution in [3.8, 4) is 5.75 Å². The molecule has 0 fully saturated rings. The summed E-state index contributed by atoms with van der Waals surface area (Å²) in [4.78, 5) is 11.8. The first-order valence-corrected chi connectivity index (χ1v) is 7.46. The Labute approximate surface area is 134 Å². The molecule has 0 aliphatic heterocycles. The standard InChI is InChI=1S/C17H17ClFNO2/c18-13-7-9-14(10-8-13)22-12-4-3-11-20-17(21)15-5-1-2-6-16(15)19/h1-2,5-10H,3-4,11-12H2,(H,20,21). The van der Waals surface area contributed by atoms with Gasteiger partial charge in [-0.15, -0.1) is 0 Å². The number of rotatable bonds is 7. The van der Waals surface area contributed by atoms with Crippen molar-refractivity contribution in [3.05, 3.63) is 64.9 Å². The Hall–Kier alpha value is -2.07. The monoisotopic (exact) mass is 321 g/mol. The molecule has 0 heterocycles. The van der Waals surface area contributed by atoms with E-state index in [9.17, 15) is 9.18 Å². The van der Waals surface area contributed by atoms with Crippen LogP contribution in [0.3, 0.4) is 0 Å². The third-order valence-electron chi connectivity index (χ3n) is 3.06. The minimum atomic E-state index is -0.508. The van der Waals surface area contributed by atoms with Crippen molar-refractivity contribution in [3.63, 3.8) is 0 Å². The maximum absolute atomic E-state index is 13.4. The number of unbranched alkanes of at least 4 members (excludes halogenated alkanes) is 1. The molecule has 0 radical (unpaired) electrons. The lowest BCUT2D eigenvalue weighted by molar-refractivity contribution is 0.0948. The summed E-state index contributed by atoms with van der Waals surface area (Å²) in [6.45, 7) is 1.04. The number of hydrogen-bond acceptors (Lipinski definition) is 2. The summed E-state index contributed by atoms with van der Waals surface area (Å²) in [5, 5.41) is 3.36. The van der Waals surface area contributed by atoms with E-state index < -0.39 is 11.7 Å². The molecule has 0 saturated heterocycles. The molecular weight excluding hydrogens is 305 g/mol. The van der Waals surface area contributed by atoms with Crippen molar-refractivity contribution >= 4 is 17.5 Å². The summed E-state index contributed by atoms with van der Waals surface area (Å²) < 4.78 is 18.9. The van der Waals surface area contributed by atoms with E-state index in [0.29, 0.717) is 18.2 Å². The van der Waals surface area contributed by atoms with Crippen LogP contribution in [0.25, 0.3) is 0 Å². The molecular formula is C17H17ClFNO2. The van der Waals surface area contributed by atoms with Gasteiger partial charge in [-0.05, 0) is 49.2 Å². The Kier molecular flexibility index (Phi) is 6.22. The molecule has 1 amide bonds. The number of nitrogens with one attached hydrogen (secondary N) is 1. The summed E-state index contributed by atoms with van der Waals surface area (Å²) >= 11 is 5.78. The fourth-order valence-corrected chi connectivity index (χ4v) is 2.02. The highest BCUT2D eigenvalue weighted by atomic mass is 35.5. The lowest BCUT2D eigenvalue weighted by atomic mass is 10.2. The highest BCUT2D eigenvalue weighted by Crippen LogP contribution is 2.15. The molecule has 5 heteroatoms. The van der Waals surface area contributed by atoms with E-state index in [4.69, 9.17) is 16.3 Å². The van der Waals surface area contributed by atoms with Crippen molar-refractivity contribution in [2.24, 2.45) is 0 Å². The van der Waals surface area contributed by atoms with Crippen LogP contribution in [0.1, 0.15) is 23.2 Å². The molecule has 0 unspecified atom stereocenters. The van der Waals surface area contributed by atoms with Crippen LogP contribution >= 0.6 is 11.6 Å². The zero-order valence-electron chi connectivity index (χ0n) is 12.0. The largest absolute Gasteiger partial charge is 0.494 e. The van der Waals surface area contributed by atoms with Gasteiger partial charge < -0.3 is 10.1 Å². The molecule has 0 aromatic heterocycles. The van der Waals surface area contributed by atoms with Crippen LogP contribution in [0.5, 0.6) is 5.75 Å². The lowest BCUT2D eigenvalue weighted by Gasteiger charge is -2.07. The van der Waals surface area contributed by atoms with Crippen molar-refractivity contribution < 1.29 is 13.9 Å². The van der Waals surface area contributed by atoms with E-state index in [2.05, 4.69) is 5.32 Å². The van der Waals surface area contributed by atoms with Crippen LogP contribution in [0, 0.1) is 5.82 Å². The van der Waals surface area contributed by atoms with Gasteiger partial charge in [-0.2, -0.15) is 0 Å². The van der Waals surface area contributed by atoms with E-state index in [-0.39, 0.29) is 5.56 Å². The van der Waals surface area contributed by atoms with Gasteiger partial charge in [0.25, 0.3) is 5.91 Å². The summed E-state index contributed by atoms with van der Waals surface area (Å²) in [5.41, 5.74) is 0.0694. The number of benzene rings is 2. The normalized spacial score (nSPS) is 10.3. The topological polar surface area (TPSA) is 38.3 Å². The smallest absolute Gasteiger partial charge is 0.254 e. The number of carbonyl (C=O) groups is 1. The van der Waals surface area contributed by atoms with Crippen molar-refractivity contribution in [2.45, 2.75) is 12.8 Å². The van der Waals surface area contributed by atoms with Crippen molar-refractivity contribution in [1.82, 2.24) is 5.32 Å². The summed E-state index contributed by atoms with van der Waals surface area (Å²) in [7, 11) is 0. The highest BCUT2D eigenvalue weighted by molar-refractivity contribution is 6.30. The first-order chi connectivity index (χ1) is 10.7. The van der Waals surface area contributed by atoms with E-state index in [1.165, 1.54) is 12.1 Å². The second-order valence-corrected chi connectivity index (χ2v) is 5.18. The first kappa shape index (κ1) is 16.3. The average molecular weight is 322 g/mol. The molecule has 22 heavy (non-hydrogen) atoms. The number of ether oxygens (including phenoxy) is 1. The van der Waals surface area contributed by atoms with Crippen LogP contribution in [-0.4, -0.2) is 19.1 Å². The Morgan fingerprint density at radius 3 is 2.55 bits per heavy atom. The van der Waals surface area contributed by atoms with Crippen molar-refractivity contribution in [1.29, 1.82) is 0 Å². The Bertz CT molecular complexity index is 616. The molecule has 0 spiro atoms. The molecule has 1 N–H and O–H groups in total. The third-order valence-corrected chi connectivity index (χ3v) is 3.31. The fourth-order valence-electron chi connectivity index (χ4n) is 1.89. The number of hydrogen-bond donors (Lipinski definition) is 1. The molecule has 0 aliphatic rings. The van der Waals surface area contributed by atoms with Gasteiger partial charge in [-0.3, -0.25) is 4.79 Å². The molecule has 116 valence electrons. The predicted octanol–water partition coefficient (Wildman–Crippen LogP) is 4.07. The van der Waals surface area contributed by atoms with Gasteiger partial charge >= 0.3 is 0 Å². The van der Waals surface area contributed by atoms with Gasteiger partial charge in [0.15, 0.2) is 0 Å². The van der Waals surface area contributed by atoms with E-state index in [1.54, 1.807) is 24.3 Å². The second-order valence-electron chi connectivity index (χ2n) is 4.75. The van der Waals surface area contributed by atoms with Crippen LogP contribution in [0.4, 0.5) is 4.39 Å². The molecule has 2 aromatic carbocycles. The number of amides is 1. The van der Waals surface area contributed by atoms with Crippen LogP contribution < -0.4 is 10.1 Å². The molecule has 0 aliphatic carbocycles. The fraction of sp³-hybridized carbons (Fsp3) is 0.235. The third kappa shape index (κ3) is 5.04. The van der Waals surface area contributed by atoms with Gasteiger partial charge in [0.05, 0.1) is 12.2 Å². The minimum Gasteiger partial charge on any atom is -0.494 e. The Balaban J connectivity index is 1.62. The van der Waals surface area contributed by atoms with Crippen LogP contribution in [0.15, 0.2) is 48.5 Å². The summed E-state index contributed by atoms with van der Waals surface area (Å²) in [6.07, 6.45) is 1.55. The maximum atomic E-state index is 13.4. The predicted molar refractivity (Wildman–Crippen MR) is 84.9 cm³/mol. The number of halogens is 2. The zero-order chi connectivity index (χ0) is 15.8. The molecule has 2 rings (SSSR count). The van der Waals surface area contributed by atoms with Gasteiger partial charge in [0.1, 0.15) is 11.6 Å². The van der Waals surface area contributed by atoms with E-state index in [1.807, 2.05) is 12.1 Å². The lowest BCUT2D eigenvalue weighted by Crippen LogP contribution is -2.25. The SMILES string of the molecule is O=C(NCCCCOc1ccc(Cl)cc1)c1ccccc1F. The van der Waals surface area contributed by atoms with Gasteiger partial charge in [0.2, 0.25) is 0 Å². The first-order valence-electron chi connectivity index (χ1n) is 7.08. The molecule has 2 aromatic rings. The number of carbonyl (C=O) groups excluding carboxylic acids is 1. The molecule has 0 atom stereocenters. The zero-order valence-corrected chi connectivity index (χ0v) is 12.8. The van der Waals surface area contributed by atoms with Crippen LogP contribution in [0.2, 0.25) is 5.02 Å². The summed E-state index contributed by atoms with van der Waals surface area (Å²) in [6, 6.07) is 13.1. The second kappa shape index (κ2) is 8.39. The van der Waals surface area contributed by atoms with Gasteiger partial charge in [-0.1, -0.05) is 23.7 Å². The quantitative estimate of drug-likeness (QED) is 0.781. The average Bonchev–Trinajstić information content (AvgIpc) is 2.52. The van der Waals surface area contributed by atoms with E-state index in [0.717, 1.165) is 18.6 Å². The Morgan fingerprint density at radius 2 is 1.82 bits per heavy atom. The maximum Gasteiger partial charge on any atom is 0.254 e. The van der Waals surface area contributed by atoms with Gasteiger partial charge in [0, 0.05) is 11.6 Å². The molecule has 0 bridgehead atoms. The van der Waals surface area contributed by atoms with Gasteiger partial charge in [-0.25, -0.2) is 4.39 Å². The summed E-state index contributed by atoms with van der Waals surface area (Å²) in [5.74, 6) is -0.136.